The van der Waals surface area contributed by atoms with E-state index in [-0.39, 0.29) is 11.9 Å². The number of ether oxygens (including phenoxy) is 1. The summed E-state index contributed by atoms with van der Waals surface area (Å²) in [5.74, 6) is 0.162. The lowest BCUT2D eigenvalue weighted by atomic mass is 9.79. The molecule has 0 radical (unpaired) electrons. The van der Waals surface area contributed by atoms with Crippen molar-refractivity contribution in [2.24, 2.45) is 0 Å². The maximum Gasteiger partial charge on any atom is 0.495 e. The SMILES string of the molecule is CCC(C)Oc1cc(F)cc(B2OC(C)(C)C(C)(C)O2)c1. The van der Waals surface area contributed by atoms with E-state index >= 15 is 0 Å². The van der Waals surface area contributed by atoms with Gasteiger partial charge in [-0.15, -0.1) is 0 Å². The fourth-order valence-electron chi connectivity index (χ4n) is 2.08. The van der Waals surface area contributed by atoms with E-state index in [1.165, 1.54) is 12.1 Å². The summed E-state index contributed by atoms with van der Waals surface area (Å²) in [5.41, 5.74) is -0.240. The minimum absolute atomic E-state index is 0.0398. The van der Waals surface area contributed by atoms with Gasteiger partial charge in [0.05, 0.1) is 17.3 Å². The van der Waals surface area contributed by atoms with E-state index in [2.05, 4.69) is 0 Å². The van der Waals surface area contributed by atoms with E-state index < -0.39 is 18.3 Å². The third kappa shape index (κ3) is 3.41. The van der Waals surface area contributed by atoms with Gasteiger partial charge in [-0.2, -0.15) is 0 Å². The van der Waals surface area contributed by atoms with Crippen molar-refractivity contribution in [2.45, 2.75) is 65.3 Å². The van der Waals surface area contributed by atoms with Gasteiger partial charge < -0.3 is 14.0 Å². The summed E-state index contributed by atoms with van der Waals surface area (Å²) in [6.45, 7) is 11.9. The molecule has 0 aliphatic carbocycles. The lowest BCUT2D eigenvalue weighted by molar-refractivity contribution is 0.00578. The van der Waals surface area contributed by atoms with Crippen molar-refractivity contribution < 1.29 is 18.4 Å². The van der Waals surface area contributed by atoms with Crippen LogP contribution in [-0.2, 0) is 9.31 Å². The Morgan fingerprint density at radius 2 is 1.71 bits per heavy atom. The van der Waals surface area contributed by atoms with Gasteiger partial charge >= 0.3 is 7.12 Å². The molecule has 1 atom stereocenters. The summed E-state index contributed by atoms with van der Waals surface area (Å²) < 4.78 is 31.4. The molecule has 0 aromatic heterocycles. The molecule has 21 heavy (non-hydrogen) atoms. The Hall–Kier alpha value is -1.07. The minimum atomic E-state index is -0.579. The van der Waals surface area contributed by atoms with Gasteiger partial charge in [-0.25, -0.2) is 4.39 Å². The summed E-state index contributed by atoms with van der Waals surface area (Å²) in [6.07, 6.45) is 0.903. The van der Waals surface area contributed by atoms with E-state index in [1.54, 1.807) is 6.07 Å². The summed E-state index contributed by atoms with van der Waals surface area (Å²) >= 11 is 0. The Balaban J connectivity index is 2.25. The molecular formula is C16H24BFO3. The monoisotopic (exact) mass is 294 g/mol. The van der Waals surface area contributed by atoms with Crippen LogP contribution in [0.25, 0.3) is 0 Å². The largest absolute Gasteiger partial charge is 0.495 e. The quantitative estimate of drug-likeness (QED) is 0.797. The molecule has 2 rings (SSSR count). The minimum Gasteiger partial charge on any atom is -0.491 e. The van der Waals surface area contributed by atoms with Crippen molar-refractivity contribution in [3.63, 3.8) is 0 Å². The molecule has 1 fully saturated rings. The predicted octanol–water partition coefficient (Wildman–Crippen LogP) is 3.30. The lowest BCUT2D eigenvalue weighted by Crippen LogP contribution is -2.41. The van der Waals surface area contributed by atoms with Gasteiger partial charge in [-0.1, -0.05) is 6.92 Å². The molecule has 5 heteroatoms. The van der Waals surface area contributed by atoms with Gasteiger partial charge in [0.25, 0.3) is 0 Å². The molecule has 0 spiro atoms. The molecule has 1 aliphatic rings. The van der Waals surface area contributed by atoms with Crippen LogP contribution in [0.5, 0.6) is 5.75 Å². The van der Waals surface area contributed by atoms with Gasteiger partial charge in [0.15, 0.2) is 0 Å². The highest BCUT2D eigenvalue weighted by atomic mass is 19.1. The van der Waals surface area contributed by atoms with Crippen molar-refractivity contribution in [1.29, 1.82) is 0 Å². The molecular weight excluding hydrogens is 270 g/mol. The second kappa shape index (κ2) is 5.62. The molecule has 1 heterocycles. The summed E-state index contributed by atoms with van der Waals surface area (Å²) in [6, 6.07) is 4.61. The smallest absolute Gasteiger partial charge is 0.491 e. The Bertz CT molecular complexity index is 500. The van der Waals surface area contributed by atoms with Crippen molar-refractivity contribution in [1.82, 2.24) is 0 Å². The maximum absolute atomic E-state index is 13.8. The first-order valence-corrected chi connectivity index (χ1v) is 7.47. The molecule has 1 aliphatic heterocycles. The average Bonchev–Trinajstić information content (AvgIpc) is 2.57. The third-order valence-electron chi connectivity index (χ3n) is 4.33. The molecule has 0 saturated carbocycles. The highest BCUT2D eigenvalue weighted by Gasteiger charge is 2.51. The van der Waals surface area contributed by atoms with Crippen molar-refractivity contribution >= 4 is 12.6 Å². The third-order valence-corrected chi connectivity index (χ3v) is 4.33. The van der Waals surface area contributed by atoms with Crippen molar-refractivity contribution in [3.8, 4) is 5.75 Å². The number of halogens is 1. The fourth-order valence-corrected chi connectivity index (χ4v) is 2.08. The van der Waals surface area contributed by atoms with E-state index in [9.17, 15) is 4.39 Å². The first kappa shape index (κ1) is 16.3. The van der Waals surface area contributed by atoms with E-state index in [4.69, 9.17) is 14.0 Å². The molecule has 1 aromatic rings. The second-order valence-electron chi connectivity index (χ2n) is 6.65. The summed E-state index contributed by atoms with van der Waals surface area (Å²) in [4.78, 5) is 0. The van der Waals surface area contributed by atoms with Crippen LogP contribution in [0.15, 0.2) is 18.2 Å². The zero-order valence-corrected chi connectivity index (χ0v) is 13.7. The molecule has 3 nitrogen and oxygen atoms in total. The number of benzene rings is 1. The van der Waals surface area contributed by atoms with Crippen LogP contribution in [0.1, 0.15) is 48.0 Å². The standard InChI is InChI=1S/C16H24BFO3/c1-7-11(2)19-14-9-12(8-13(18)10-14)17-20-15(3,4)16(5,6)21-17/h8-11H,7H2,1-6H3. The topological polar surface area (TPSA) is 27.7 Å². The van der Waals surface area contributed by atoms with Crippen molar-refractivity contribution in [3.05, 3.63) is 24.0 Å². The van der Waals surface area contributed by atoms with Gasteiger partial charge in [-0.3, -0.25) is 0 Å². The second-order valence-corrected chi connectivity index (χ2v) is 6.65. The molecule has 0 amide bonds. The van der Waals surface area contributed by atoms with Gasteiger partial charge in [0.2, 0.25) is 0 Å². The van der Waals surface area contributed by atoms with Gasteiger partial charge in [0.1, 0.15) is 11.6 Å². The lowest BCUT2D eigenvalue weighted by Gasteiger charge is -2.32. The molecule has 1 aromatic carbocycles. The summed E-state index contributed by atoms with van der Waals surface area (Å²) in [7, 11) is -0.579. The maximum atomic E-state index is 13.8. The number of hydrogen-bond acceptors (Lipinski definition) is 3. The van der Waals surface area contributed by atoms with E-state index in [1.807, 2.05) is 41.5 Å². The van der Waals surface area contributed by atoms with Crippen LogP contribution in [0.3, 0.4) is 0 Å². The highest BCUT2D eigenvalue weighted by molar-refractivity contribution is 6.62. The van der Waals surface area contributed by atoms with Gasteiger partial charge in [0, 0.05) is 6.07 Å². The van der Waals surface area contributed by atoms with Crippen LogP contribution < -0.4 is 10.2 Å². The molecule has 0 N–H and O–H groups in total. The normalized spacial score (nSPS) is 21.4. The zero-order valence-electron chi connectivity index (χ0n) is 13.7. The Kier molecular flexibility index (Phi) is 4.36. The van der Waals surface area contributed by atoms with Crippen LogP contribution >= 0.6 is 0 Å². The zero-order chi connectivity index (χ0) is 15.8. The van der Waals surface area contributed by atoms with Crippen LogP contribution in [0.4, 0.5) is 4.39 Å². The average molecular weight is 294 g/mol. The summed E-state index contributed by atoms with van der Waals surface area (Å²) in [5, 5.41) is 0. The number of rotatable bonds is 4. The highest BCUT2D eigenvalue weighted by Crippen LogP contribution is 2.36. The van der Waals surface area contributed by atoms with Gasteiger partial charge in [-0.05, 0) is 58.6 Å². The van der Waals surface area contributed by atoms with Crippen LogP contribution in [0, 0.1) is 5.82 Å². The van der Waals surface area contributed by atoms with E-state index in [0.717, 1.165) is 6.42 Å². The Labute approximate surface area is 126 Å². The molecule has 1 unspecified atom stereocenters. The van der Waals surface area contributed by atoms with E-state index in [0.29, 0.717) is 11.2 Å². The fraction of sp³-hybridized carbons (Fsp3) is 0.625. The Morgan fingerprint density at radius 3 is 2.24 bits per heavy atom. The van der Waals surface area contributed by atoms with Crippen LogP contribution in [-0.4, -0.2) is 24.4 Å². The molecule has 1 saturated heterocycles. The predicted molar refractivity (Wildman–Crippen MR) is 82.5 cm³/mol. The first-order chi connectivity index (χ1) is 9.64. The van der Waals surface area contributed by atoms with Crippen molar-refractivity contribution in [2.75, 3.05) is 0 Å². The number of hydrogen-bond donors (Lipinski definition) is 0. The molecule has 0 bridgehead atoms. The molecule has 116 valence electrons. The Morgan fingerprint density at radius 1 is 1.14 bits per heavy atom. The van der Waals surface area contributed by atoms with Crippen LogP contribution in [0.2, 0.25) is 0 Å². The first-order valence-electron chi connectivity index (χ1n) is 7.47.